The maximum absolute atomic E-state index is 14.4. The molecule has 0 saturated carbocycles. The van der Waals surface area contributed by atoms with E-state index in [2.05, 4.69) is 26.6 Å². The van der Waals surface area contributed by atoms with Crippen molar-refractivity contribution >= 4 is 52.5 Å². The fourth-order valence-corrected chi connectivity index (χ4v) is 7.30. The summed E-state index contributed by atoms with van der Waals surface area (Å²) in [7, 11) is 0. The fourth-order valence-electron chi connectivity index (χ4n) is 6.54. The minimum absolute atomic E-state index is 0.0249. The van der Waals surface area contributed by atoms with E-state index in [9.17, 15) is 44.1 Å². The van der Waals surface area contributed by atoms with Crippen molar-refractivity contribution < 1.29 is 44.1 Å². The van der Waals surface area contributed by atoms with Crippen LogP contribution in [-0.2, 0) is 54.5 Å². The van der Waals surface area contributed by atoms with Gasteiger partial charge in [-0.05, 0) is 51.4 Å². The molecule has 2 bridgehead atoms. The lowest BCUT2D eigenvalue weighted by Crippen LogP contribution is -2.60. The molecule has 14 nitrogen and oxygen atoms in total. The number of hydrogen-bond donors (Lipinski definition) is 8. The number of fused-ring (bicyclic) bond motifs is 18. The molecule has 2 aliphatic heterocycles. The van der Waals surface area contributed by atoms with Crippen molar-refractivity contribution in [3.05, 3.63) is 148 Å². The molecule has 1 aromatic heterocycles. The number of rotatable bonds is 8. The highest BCUT2D eigenvalue weighted by atomic mass is 32.1. The number of amides is 5. The molecule has 7 rings (SSSR count). The minimum atomic E-state index is -2.30. The van der Waals surface area contributed by atoms with Gasteiger partial charge in [0.25, 0.3) is 11.8 Å². The number of aliphatic hydroxyl groups excluding tert-OH is 2. The van der Waals surface area contributed by atoms with Crippen LogP contribution in [0.15, 0.2) is 127 Å². The van der Waals surface area contributed by atoms with Crippen molar-refractivity contribution in [1.82, 2.24) is 21.3 Å². The maximum Gasteiger partial charge on any atom is 0.326 e. The first kappa shape index (κ1) is 41.9. The van der Waals surface area contributed by atoms with Crippen molar-refractivity contribution in [2.24, 2.45) is 0 Å². The highest BCUT2D eigenvalue weighted by Crippen LogP contribution is 2.21. The van der Waals surface area contributed by atoms with Crippen LogP contribution < -0.4 is 26.6 Å². The second-order valence-electron chi connectivity index (χ2n) is 14.1. The molecule has 0 fully saturated rings. The van der Waals surface area contributed by atoms with E-state index in [0.717, 1.165) is 11.1 Å². The van der Waals surface area contributed by atoms with Crippen LogP contribution >= 0.6 is 11.3 Å². The van der Waals surface area contributed by atoms with Crippen LogP contribution in [0, 0.1) is 0 Å². The summed E-state index contributed by atoms with van der Waals surface area (Å²) in [5, 5.41) is 46.3. The van der Waals surface area contributed by atoms with E-state index in [1.54, 1.807) is 60.0 Å². The van der Waals surface area contributed by atoms with Crippen LogP contribution in [0.4, 0.5) is 5.69 Å². The third kappa shape index (κ3) is 11.5. The Balaban J connectivity index is 1.37. The molecule has 0 radical (unpaired) electrons. The summed E-state index contributed by atoms with van der Waals surface area (Å²) in [5.41, 5.74) is 3.80. The number of aliphatic hydroxyl groups is 2. The van der Waals surface area contributed by atoms with Crippen molar-refractivity contribution in [3.63, 3.8) is 0 Å². The largest absolute Gasteiger partial charge is 0.480 e. The van der Waals surface area contributed by atoms with E-state index < -0.39 is 71.9 Å². The Morgan fingerprint density at radius 2 is 1.05 bits per heavy atom. The SMILES string of the molecule is O=C1N[C@@H](C(=O)O)Cc2ccc(cc2)NC(=O)[C@H](O)[C@@H](O)C(=O)N[C@@H](Cc2cccs2)C(=O)N[C@H](Cc2ccc(-c3ccccc3)cc2)C(=O)N[C@H]1Cc1ccccc1. The highest BCUT2D eigenvalue weighted by Gasteiger charge is 2.35. The Kier molecular flexibility index (Phi) is 14.0. The van der Waals surface area contributed by atoms with Gasteiger partial charge in [-0.3, -0.25) is 24.0 Å². The van der Waals surface area contributed by atoms with E-state index in [0.29, 0.717) is 21.6 Å². The number of anilines is 1. The molecule has 0 aliphatic carbocycles. The van der Waals surface area contributed by atoms with Crippen LogP contribution in [-0.4, -0.2) is 87.2 Å². The molecule has 5 aromatic rings. The summed E-state index contributed by atoms with van der Waals surface area (Å²) in [4.78, 5) is 82.0. The molecule has 5 amide bonds. The summed E-state index contributed by atoms with van der Waals surface area (Å²) >= 11 is 1.29. The number of carboxylic acid groups (broad SMARTS) is 1. The van der Waals surface area contributed by atoms with Crippen molar-refractivity contribution in [2.45, 2.75) is 62.1 Å². The summed E-state index contributed by atoms with van der Waals surface area (Å²) in [6.07, 6.45) is -4.89. The Morgan fingerprint density at radius 3 is 1.63 bits per heavy atom. The van der Waals surface area contributed by atoms with Gasteiger partial charge in [0.1, 0.15) is 24.2 Å². The van der Waals surface area contributed by atoms with Gasteiger partial charge in [0, 0.05) is 36.2 Å². The zero-order chi connectivity index (χ0) is 41.9. The first-order chi connectivity index (χ1) is 28.4. The smallest absolute Gasteiger partial charge is 0.326 e. The fraction of sp³-hybridized carbons (Fsp3) is 0.227. The number of aliphatic carboxylic acids is 1. The van der Waals surface area contributed by atoms with E-state index in [1.807, 2.05) is 42.5 Å². The molecule has 0 saturated heterocycles. The van der Waals surface area contributed by atoms with Gasteiger partial charge in [0.15, 0.2) is 12.2 Å². The van der Waals surface area contributed by atoms with Crippen molar-refractivity contribution in [2.75, 3.05) is 5.32 Å². The third-order valence-electron chi connectivity index (χ3n) is 9.78. The molecule has 3 heterocycles. The number of nitrogens with one attached hydrogen (secondary N) is 5. The molecular formula is C44H43N5O9S. The molecule has 2 aliphatic rings. The summed E-state index contributed by atoms with van der Waals surface area (Å²) < 4.78 is 0. The lowest BCUT2D eigenvalue weighted by Gasteiger charge is -2.27. The zero-order valence-corrected chi connectivity index (χ0v) is 32.4. The van der Waals surface area contributed by atoms with Crippen LogP contribution in [0.2, 0.25) is 0 Å². The Labute approximate surface area is 343 Å². The van der Waals surface area contributed by atoms with Gasteiger partial charge in [-0.1, -0.05) is 103 Å². The third-order valence-corrected chi connectivity index (χ3v) is 10.7. The van der Waals surface area contributed by atoms with Crippen LogP contribution in [0.5, 0.6) is 0 Å². The van der Waals surface area contributed by atoms with Gasteiger partial charge in [-0.25, -0.2) is 4.79 Å². The first-order valence-electron chi connectivity index (χ1n) is 18.8. The molecule has 6 atom stereocenters. The molecular weight excluding hydrogens is 775 g/mol. The van der Waals surface area contributed by atoms with Crippen molar-refractivity contribution in [1.29, 1.82) is 0 Å². The van der Waals surface area contributed by atoms with E-state index in [1.165, 1.54) is 35.6 Å². The summed E-state index contributed by atoms with van der Waals surface area (Å²) in [6, 6.07) is 29.6. The predicted molar refractivity (Wildman–Crippen MR) is 220 cm³/mol. The Morgan fingerprint density at radius 1 is 0.542 bits per heavy atom. The zero-order valence-electron chi connectivity index (χ0n) is 31.6. The molecule has 8 N–H and O–H groups in total. The number of carbonyl (C=O) groups excluding carboxylic acids is 5. The highest BCUT2D eigenvalue weighted by molar-refractivity contribution is 7.09. The molecule has 59 heavy (non-hydrogen) atoms. The second-order valence-corrected chi connectivity index (χ2v) is 15.1. The number of thiophene rings is 1. The van der Waals surface area contributed by atoms with E-state index >= 15 is 0 Å². The van der Waals surface area contributed by atoms with Gasteiger partial charge in [-0.2, -0.15) is 0 Å². The number of carbonyl (C=O) groups is 6. The summed E-state index contributed by atoms with van der Waals surface area (Å²) in [5.74, 6) is -6.08. The molecule has 4 aromatic carbocycles. The first-order valence-corrected chi connectivity index (χ1v) is 19.7. The predicted octanol–water partition coefficient (Wildman–Crippen LogP) is 2.38. The number of carboxylic acids is 1. The topological polar surface area (TPSA) is 223 Å². The number of benzene rings is 4. The average Bonchev–Trinajstić information content (AvgIpc) is 3.76. The van der Waals surface area contributed by atoms with Gasteiger partial charge in [-0.15, -0.1) is 11.3 Å². The molecule has 0 unspecified atom stereocenters. The van der Waals surface area contributed by atoms with Crippen LogP contribution in [0.1, 0.15) is 21.6 Å². The Hall–Kier alpha value is -6.68. The standard InChI is InChI=1S/C44H43N5O9S/c50-37-38(51)43(56)48-35(25-32-12-7-21-59-32)41(54)47-34(23-27-13-17-30(18-14-27)29-10-5-2-6-11-29)39(52)46-33(22-26-8-3-1-4-9-26)40(53)49-36(44(57)58)24-28-15-19-31(20-16-28)45-42(37)55/h1-21,33-38,50-51H,22-25H2,(H,45,55)(H,46,52)(H,47,54)(H,48,56)(H,49,53)(H,57,58)/t33-,34+,35-,36+,37+,38+/m0/s1. The van der Waals surface area contributed by atoms with E-state index in [4.69, 9.17) is 0 Å². The quantitative estimate of drug-likeness (QED) is 0.108. The normalized spacial score (nSPS) is 22.2. The molecule has 304 valence electrons. The maximum atomic E-state index is 14.4. The van der Waals surface area contributed by atoms with Gasteiger partial charge >= 0.3 is 5.97 Å². The second kappa shape index (κ2) is 19.7. The number of hydrogen-bond acceptors (Lipinski definition) is 9. The van der Waals surface area contributed by atoms with Crippen LogP contribution in [0.3, 0.4) is 0 Å². The van der Waals surface area contributed by atoms with Crippen molar-refractivity contribution in [3.8, 4) is 11.1 Å². The lowest BCUT2D eigenvalue weighted by atomic mass is 9.99. The average molecular weight is 818 g/mol. The Bertz CT molecular complexity index is 2240. The van der Waals surface area contributed by atoms with E-state index in [-0.39, 0.29) is 31.4 Å². The lowest BCUT2D eigenvalue weighted by molar-refractivity contribution is -0.145. The minimum Gasteiger partial charge on any atom is -0.480 e. The van der Waals surface area contributed by atoms with Gasteiger partial charge < -0.3 is 41.9 Å². The van der Waals surface area contributed by atoms with Gasteiger partial charge in [0.05, 0.1) is 0 Å². The van der Waals surface area contributed by atoms with Crippen LogP contribution in [0.25, 0.3) is 11.1 Å². The molecule has 15 heteroatoms. The van der Waals surface area contributed by atoms with Gasteiger partial charge in [0.2, 0.25) is 17.7 Å². The molecule has 0 spiro atoms. The summed E-state index contributed by atoms with van der Waals surface area (Å²) in [6.45, 7) is 0. The monoisotopic (exact) mass is 817 g/mol.